The van der Waals surface area contributed by atoms with E-state index in [0.29, 0.717) is 19.3 Å². The lowest BCUT2D eigenvalue weighted by atomic mass is 10.1. The molecule has 0 bridgehead atoms. The molecule has 398 valence electrons. The second-order valence-corrected chi connectivity index (χ2v) is 18.1. The van der Waals surface area contributed by atoms with Gasteiger partial charge in [0.05, 0.1) is 0 Å². The van der Waals surface area contributed by atoms with Crippen molar-refractivity contribution in [3.05, 3.63) is 146 Å². The van der Waals surface area contributed by atoms with Crippen LogP contribution in [-0.2, 0) is 28.6 Å². The summed E-state index contributed by atoms with van der Waals surface area (Å²) in [7, 11) is 0. The van der Waals surface area contributed by atoms with Gasteiger partial charge in [0, 0.05) is 19.3 Å². The van der Waals surface area contributed by atoms with E-state index in [0.717, 1.165) is 96.3 Å². The first-order valence-electron chi connectivity index (χ1n) is 28.3. The minimum Gasteiger partial charge on any atom is -0.462 e. The highest BCUT2D eigenvalue weighted by Crippen LogP contribution is 2.10. The number of rotatable bonds is 49. The Bertz CT molecular complexity index is 1590. The van der Waals surface area contributed by atoms with Crippen LogP contribution in [0.4, 0.5) is 0 Å². The second kappa shape index (κ2) is 57.9. The molecule has 0 aliphatic carbocycles. The van der Waals surface area contributed by atoms with Crippen molar-refractivity contribution in [2.45, 2.75) is 232 Å². The highest BCUT2D eigenvalue weighted by Gasteiger charge is 2.19. The van der Waals surface area contributed by atoms with Crippen LogP contribution in [0.2, 0.25) is 0 Å². The van der Waals surface area contributed by atoms with Crippen LogP contribution < -0.4 is 0 Å². The Kier molecular flexibility index (Phi) is 54.0. The van der Waals surface area contributed by atoms with Gasteiger partial charge in [0.1, 0.15) is 13.2 Å². The summed E-state index contributed by atoms with van der Waals surface area (Å²) in [4.78, 5) is 38.1. The number of carbonyl (C=O) groups excluding carboxylic acids is 3. The maximum absolute atomic E-state index is 12.8. The average Bonchev–Trinajstić information content (AvgIpc) is 3.37. The summed E-state index contributed by atoms with van der Waals surface area (Å²) in [6.45, 7) is 6.42. The van der Waals surface area contributed by atoms with Crippen LogP contribution in [-0.4, -0.2) is 37.2 Å². The van der Waals surface area contributed by atoms with Crippen LogP contribution in [0, 0.1) is 0 Å². The molecule has 1 atom stereocenters. The number of unbranched alkanes of at least 4 members (excludes halogenated alkanes) is 14. The van der Waals surface area contributed by atoms with E-state index < -0.39 is 12.1 Å². The third kappa shape index (κ3) is 56.1. The standard InChI is InChI=1S/C65H102O6/c1-4-7-10-13-16-19-22-25-28-31-32-35-37-40-43-46-49-52-55-58-64(67)70-61-62(71-65(68)59-56-53-50-47-44-41-38-34-30-27-24-21-18-15-12-9-6-3)60-69-63(66)57-54-51-48-45-42-39-36-33-29-26-23-20-17-14-11-8-5-2/h16-21,25-30,32,35-36,38-41,43,45,47-48,50,62H,4-15,22-24,31,33-34,37,42,44,46,49,51-61H2,1-3H3/b19-16-,20-17-,21-18-,28-25-,29-26-,30-27-,35-32-,39-36-,41-38-,43-40-,48-45-,50-47-/t62-/m1/s1. The number of hydrogen-bond donors (Lipinski definition) is 0. The van der Waals surface area contributed by atoms with Gasteiger partial charge in [-0.25, -0.2) is 0 Å². The summed E-state index contributed by atoms with van der Waals surface area (Å²) in [6.07, 6.45) is 82.7. The number of ether oxygens (including phenoxy) is 3. The molecule has 0 fully saturated rings. The van der Waals surface area contributed by atoms with E-state index >= 15 is 0 Å². The number of hydrogen-bond acceptors (Lipinski definition) is 6. The largest absolute Gasteiger partial charge is 0.462 e. The molecule has 0 saturated heterocycles. The third-order valence-corrected chi connectivity index (χ3v) is 11.3. The van der Waals surface area contributed by atoms with Crippen molar-refractivity contribution in [3.8, 4) is 0 Å². The van der Waals surface area contributed by atoms with Gasteiger partial charge in [-0.2, -0.15) is 0 Å². The Morgan fingerprint density at radius 1 is 0.282 bits per heavy atom. The molecule has 0 unspecified atom stereocenters. The van der Waals surface area contributed by atoms with Crippen molar-refractivity contribution in [3.63, 3.8) is 0 Å². The molecule has 0 saturated carbocycles. The van der Waals surface area contributed by atoms with Crippen molar-refractivity contribution >= 4 is 17.9 Å². The Morgan fingerprint density at radius 3 is 0.817 bits per heavy atom. The van der Waals surface area contributed by atoms with Crippen molar-refractivity contribution in [2.75, 3.05) is 13.2 Å². The first-order valence-corrected chi connectivity index (χ1v) is 28.3. The van der Waals surface area contributed by atoms with Crippen molar-refractivity contribution in [2.24, 2.45) is 0 Å². The molecule has 0 spiro atoms. The van der Waals surface area contributed by atoms with Crippen molar-refractivity contribution < 1.29 is 28.6 Å². The summed E-state index contributed by atoms with van der Waals surface area (Å²) in [6, 6.07) is 0. The highest BCUT2D eigenvalue weighted by molar-refractivity contribution is 5.71. The Labute approximate surface area is 436 Å². The third-order valence-electron chi connectivity index (χ3n) is 11.3. The van der Waals surface area contributed by atoms with Crippen molar-refractivity contribution in [1.82, 2.24) is 0 Å². The molecule has 0 radical (unpaired) electrons. The normalized spacial score (nSPS) is 13.2. The predicted molar refractivity (Wildman–Crippen MR) is 306 cm³/mol. The van der Waals surface area contributed by atoms with Gasteiger partial charge in [-0.05, 0) is 141 Å². The summed E-state index contributed by atoms with van der Waals surface area (Å²) >= 11 is 0. The van der Waals surface area contributed by atoms with Crippen LogP contribution >= 0.6 is 0 Å². The molecule has 0 aromatic heterocycles. The van der Waals surface area contributed by atoms with Crippen LogP contribution in [0.15, 0.2) is 146 Å². The Balaban J connectivity index is 4.65. The first kappa shape index (κ1) is 66.3. The first-order chi connectivity index (χ1) is 35.0. The molecule has 0 aliphatic heterocycles. The van der Waals surface area contributed by atoms with Gasteiger partial charge in [0.25, 0.3) is 0 Å². The van der Waals surface area contributed by atoms with Gasteiger partial charge in [-0.1, -0.05) is 212 Å². The molecule has 6 nitrogen and oxygen atoms in total. The minimum absolute atomic E-state index is 0.139. The molecule has 6 heteroatoms. The summed E-state index contributed by atoms with van der Waals surface area (Å²) in [5, 5.41) is 0. The average molecular weight is 980 g/mol. The molecular weight excluding hydrogens is 877 g/mol. The molecule has 0 aromatic carbocycles. The highest BCUT2D eigenvalue weighted by atomic mass is 16.6. The second-order valence-electron chi connectivity index (χ2n) is 18.1. The zero-order valence-electron chi connectivity index (χ0n) is 45.4. The zero-order chi connectivity index (χ0) is 51.4. The quantitative estimate of drug-likeness (QED) is 0.0262. The summed E-state index contributed by atoms with van der Waals surface area (Å²) in [5.74, 6) is -1.09. The van der Waals surface area contributed by atoms with Crippen LogP contribution in [0.5, 0.6) is 0 Å². The van der Waals surface area contributed by atoms with Gasteiger partial charge >= 0.3 is 17.9 Å². The van der Waals surface area contributed by atoms with Crippen molar-refractivity contribution in [1.29, 1.82) is 0 Å². The molecular formula is C65H102O6. The Hall–Kier alpha value is -4.71. The van der Waals surface area contributed by atoms with Crippen LogP contribution in [0.25, 0.3) is 0 Å². The zero-order valence-corrected chi connectivity index (χ0v) is 45.4. The smallest absolute Gasteiger partial charge is 0.306 e. The lowest BCUT2D eigenvalue weighted by Crippen LogP contribution is -2.30. The van der Waals surface area contributed by atoms with E-state index in [4.69, 9.17) is 14.2 Å². The predicted octanol–water partition coefficient (Wildman–Crippen LogP) is 19.2. The fraction of sp³-hybridized carbons (Fsp3) is 0.585. The molecule has 71 heavy (non-hydrogen) atoms. The van der Waals surface area contributed by atoms with E-state index in [1.54, 1.807) is 0 Å². The van der Waals surface area contributed by atoms with Gasteiger partial charge in [0.2, 0.25) is 0 Å². The van der Waals surface area contributed by atoms with E-state index in [-0.39, 0.29) is 38.0 Å². The fourth-order valence-corrected chi connectivity index (χ4v) is 7.00. The topological polar surface area (TPSA) is 78.9 Å². The number of allylic oxidation sites excluding steroid dienone is 24. The molecule has 0 aromatic rings. The van der Waals surface area contributed by atoms with Gasteiger partial charge in [-0.3, -0.25) is 14.4 Å². The Morgan fingerprint density at radius 2 is 0.521 bits per heavy atom. The van der Waals surface area contributed by atoms with Crippen LogP contribution in [0.3, 0.4) is 0 Å². The van der Waals surface area contributed by atoms with Gasteiger partial charge in [0.15, 0.2) is 6.10 Å². The van der Waals surface area contributed by atoms with E-state index in [9.17, 15) is 14.4 Å². The fourth-order valence-electron chi connectivity index (χ4n) is 7.00. The summed E-state index contributed by atoms with van der Waals surface area (Å²) < 4.78 is 16.7. The number of carbonyl (C=O) groups is 3. The summed E-state index contributed by atoms with van der Waals surface area (Å²) in [5.41, 5.74) is 0. The number of esters is 3. The maximum Gasteiger partial charge on any atom is 0.306 e. The minimum atomic E-state index is -0.849. The molecule has 0 N–H and O–H groups in total. The lowest BCUT2D eigenvalue weighted by Gasteiger charge is -2.18. The van der Waals surface area contributed by atoms with E-state index in [1.807, 2.05) is 0 Å². The molecule has 0 heterocycles. The molecule has 0 rings (SSSR count). The molecule has 0 aliphatic rings. The molecule has 0 amide bonds. The van der Waals surface area contributed by atoms with Gasteiger partial charge in [-0.15, -0.1) is 0 Å². The monoisotopic (exact) mass is 979 g/mol. The SMILES string of the molecule is CCCCC/C=C\C/C=C\C/C=C\C/C=C\CCCCCC(=O)OC[C@@H](COC(=O)CCC/C=C\C/C=C\C/C=C\C/C=C\CCCCC)OC(=O)CCC/C=C\C/C=C\C/C=C\C/C=C\CCCCC. The maximum atomic E-state index is 12.8. The lowest BCUT2D eigenvalue weighted by molar-refractivity contribution is -0.167. The van der Waals surface area contributed by atoms with Crippen LogP contribution in [0.1, 0.15) is 226 Å². The van der Waals surface area contributed by atoms with E-state index in [2.05, 4.69) is 167 Å². The van der Waals surface area contributed by atoms with Gasteiger partial charge < -0.3 is 14.2 Å². The van der Waals surface area contributed by atoms with E-state index in [1.165, 1.54) is 77.0 Å².